The van der Waals surface area contributed by atoms with Gasteiger partial charge in [0.25, 0.3) is 0 Å². The van der Waals surface area contributed by atoms with E-state index in [0.717, 1.165) is 21.3 Å². The summed E-state index contributed by atoms with van der Waals surface area (Å²) in [5, 5.41) is 0. The van der Waals surface area contributed by atoms with Crippen molar-refractivity contribution in [1.82, 2.24) is 0 Å². The van der Waals surface area contributed by atoms with Gasteiger partial charge in [0.15, 0.2) is 17.3 Å². The summed E-state index contributed by atoms with van der Waals surface area (Å²) in [5.41, 5.74) is 1.43. The number of halogens is 1. The lowest BCUT2D eigenvalue weighted by Gasteiger charge is -2.38. The number of anilines is 1. The van der Waals surface area contributed by atoms with Crippen LogP contribution < -0.4 is 4.90 Å². The van der Waals surface area contributed by atoms with Crippen LogP contribution in [0.4, 0.5) is 5.69 Å². The lowest BCUT2D eigenvalue weighted by molar-refractivity contribution is -0.127. The van der Waals surface area contributed by atoms with E-state index >= 15 is 0 Å². The van der Waals surface area contributed by atoms with Crippen LogP contribution in [0.3, 0.4) is 0 Å². The molecule has 36 heavy (non-hydrogen) atoms. The second-order valence-electron chi connectivity index (χ2n) is 10.9. The molecule has 1 aliphatic carbocycles. The van der Waals surface area contributed by atoms with Crippen LogP contribution >= 0.6 is 15.9 Å². The molecule has 0 saturated carbocycles. The molecule has 6 rings (SSSR count). The van der Waals surface area contributed by atoms with E-state index in [1.807, 2.05) is 81.5 Å². The first-order valence-electron chi connectivity index (χ1n) is 12.2. The maximum Gasteiger partial charge on any atom is 0.180 e. The van der Waals surface area contributed by atoms with Gasteiger partial charge in [-0.25, -0.2) is 0 Å². The van der Waals surface area contributed by atoms with Crippen molar-refractivity contribution < 1.29 is 14.4 Å². The number of nitrogens with zero attached hydrogens (tertiary/aromatic N) is 1. The van der Waals surface area contributed by atoms with Gasteiger partial charge >= 0.3 is 0 Å². The van der Waals surface area contributed by atoms with Crippen LogP contribution in [0.2, 0.25) is 0 Å². The molecule has 0 bridgehead atoms. The van der Waals surface area contributed by atoms with E-state index < -0.39 is 28.8 Å². The number of hydrogen-bond donors (Lipinski definition) is 0. The molecule has 1 saturated heterocycles. The number of ketones is 3. The molecule has 4 nitrogen and oxygen atoms in total. The Balaban J connectivity index is 1.70. The van der Waals surface area contributed by atoms with Gasteiger partial charge in [-0.15, -0.1) is 0 Å². The maximum absolute atomic E-state index is 14.5. The summed E-state index contributed by atoms with van der Waals surface area (Å²) >= 11 is 3.56. The molecule has 0 radical (unpaired) electrons. The van der Waals surface area contributed by atoms with Gasteiger partial charge in [-0.05, 0) is 29.3 Å². The van der Waals surface area contributed by atoms with Crippen molar-refractivity contribution in [3.8, 4) is 0 Å². The number of carbonyl (C=O) groups excluding carboxylic acids is 3. The molecule has 0 amide bonds. The van der Waals surface area contributed by atoms with Gasteiger partial charge in [0.05, 0.1) is 12.1 Å². The molecule has 3 aromatic carbocycles. The van der Waals surface area contributed by atoms with Crippen molar-refractivity contribution >= 4 is 45.0 Å². The number of Topliss-reactive ketones (excluding diaryl/α,β-unsaturated/α-hetero) is 3. The van der Waals surface area contributed by atoms with Crippen molar-refractivity contribution in [2.45, 2.75) is 38.8 Å². The Hall–Kier alpha value is -3.31. The topological polar surface area (TPSA) is 54.5 Å². The van der Waals surface area contributed by atoms with Gasteiger partial charge in [-0.1, -0.05) is 103 Å². The first-order valence-corrected chi connectivity index (χ1v) is 13.0. The lowest BCUT2D eigenvalue weighted by atomic mass is 9.63. The summed E-state index contributed by atoms with van der Waals surface area (Å²) in [6.07, 6.45) is 3.95. The number of hydrogen-bond acceptors (Lipinski definition) is 4. The van der Waals surface area contributed by atoms with Crippen LogP contribution in [0.5, 0.6) is 0 Å². The molecule has 3 aliphatic rings. The molecular weight excluding hydrogens is 514 g/mol. The van der Waals surface area contributed by atoms with E-state index in [0.29, 0.717) is 11.1 Å². The van der Waals surface area contributed by atoms with Crippen molar-refractivity contribution in [1.29, 1.82) is 0 Å². The predicted molar refractivity (Wildman–Crippen MR) is 144 cm³/mol. The molecular formula is C31H26BrNO3. The highest BCUT2D eigenvalue weighted by Crippen LogP contribution is 2.61. The zero-order valence-electron chi connectivity index (χ0n) is 20.4. The third-order valence-corrected chi connectivity index (χ3v) is 8.43. The molecule has 5 heteroatoms. The average molecular weight is 540 g/mol. The summed E-state index contributed by atoms with van der Waals surface area (Å²) in [5.74, 6) is -1.01. The van der Waals surface area contributed by atoms with Crippen molar-refractivity contribution in [3.63, 3.8) is 0 Å². The number of benzene rings is 3. The fourth-order valence-corrected chi connectivity index (χ4v) is 6.80. The quantitative estimate of drug-likeness (QED) is 0.349. The molecule has 0 aromatic heterocycles. The van der Waals surface area contributed by atoms with Crippen molar-refractivity contribution in [2.24, 2.45) is 10.8 Å². The average Bonchev–Trinajstić information content (AvgIpc) is 3.29. The Morgan fingerprint density at radius 3 is 2.11 bits per heavy atom. The Morgan fingerprint density at radius 1 is 0.889 bits per heavy atom. The standard InChI is InChI=1S/C31H26BrNO3/c1-30(2,3)29(36)26-25(18-9-5-4-6-10-18)31(27(34)21-11-7-8-12-22(21)28(31)35)24-16-13-19-17-20(32)14-15-23(19)33(24)26/h4-17,24-26H,1-3H3/t24-,25+,26-/m1/s1. The number of carbonyl (C=O) groups is 3. The van der Waals surface area contributed by atoms with Gasteiger partial charge in [0.2, 0.25) is 0 Å². The summed E-state index contributed by atoms with van der Waals surface area (Å²) in [4.78, 5) is 45.3. The van der Waals surface area contributed by atoms with Gasteiger partial charge in [-0.2, -0.15) is 0 Å². The van der Waals surface area contributed by atoms with Crippen LogP contribution in [0.1, 0.15) is 58.5 Å². The molecule has 1 fully saturated rings. The maximum atomic E-state index is 14.5. The van der Waals surface area contributed by atoms with Gasteiger partial charge < -0.3 is 4.90 Å². The Bertz CT molecular complexity index is 1430. The highest BCUT2D eigenvalue weighted by atomic mass is 79.9. The Morgan fingerprint density at radius 2 is 1.50 bits per heavy atom. The summed E-state index contributed by atoms with van der Waals surface area (Å²) in [6.45, 7) is 5.73. The normalized spacial score (nSPS) is 23.6. The van der Waals surface area contributed by atoms with E-state index in [4.69, 9.17) is 0 Å². The van der Waals surface area contributed by atoms with E-state index in [2.05, 4.69) is 20.8 Å². The first-order chi connectivity index (χ1) is 17.2. The highest BCUT2D eigenvalue weighted by Gasteiger charge is 2.71. The van der Waals surface area contributed by atoms with Crippen LogP contribution in [-0.4, -0.2) is 29.4 Å². The molecule has 2 heterocycles. The third kappa shape index (κ3) is 2.95. The second kappa shape index (κ2) is 7.84. The zero-order chi connectivity index (χ0) is 25.4. The van der Waals surface area contributed by atoms with E-state index in [1.54, 1.807) is 24.3 Å². The molecule has 3 aromatic rings. The minimum absolute atomic E-state index is 0.0129. The van der Waals surface area contributed by atoms with Gasteiger partial charge in [0, 0.05) is 32.6 Å². The van der Waals surface area contributed by atoms with Crippen molar-refractivity contribution in [3.05, 3.63) is 106 Å². The molecule has 0 N–H and O–H groups in total. The fraction of sp³-hybridized carbons (Fsp3) is 0.258. The monoisotopic (exact) mass is 539 g/mol. The Kier molecular flexibility index (Phi) is 5.03. The van der Waals surface area contributed by atoms with Crippen LogP contribution in [0, 0.1) is 10.8 Å². The van der Waals surface area contributed by atoms with Crippen LogP contribution in [0.25, 0.3) is 6.08 Å². The number of fused-ring (bicyclic) bond motifs is 5. The SMILES string of the molecule is CC(C)(C)C(=O)[C@H]1[C@H](c2ccccc2)C2(C(=O)c3ccccc3C2=O)[C@H]2C=Cc3cc(Br)ccc3N12. The third-order valence-electron chi connectivity index (χ3n) is 7.93. The molecule has 2 aliphatic heterocycles. The Labute approximate surface area is 219 Å². The van der Waals surface area contributed by atoms with Crippen molar-refractivity contribution in [2.75, 3.05) is 4.90 Å². The zero-order valence-corrected chi connectivity index (χ0v) is 22.0. The van der Waals surface area contributed by atoms with E-state index in [1.165, 1.54) is 0 Å². The first kappa shape index (κ1) is 23.1. The second-order valence-corrected chi connectivity index (χ2v) is 11.9. The summed E-state index contributed by atoms with van der Waals surface area (Å²) in [6, 6.07) is 21.4. The van der Waals surface area contributed by atoms with Crippen LogP contribution in [-0.2, 0) is 4.79 Å². The van der Waals surface area contributed by atoms with E-state index in [9.17, 15) is 14.4 Å². The summed E-state index contributed by atoms with van der Waals surface area (Å²) < 4.78 is 0.928. The number of rotatable bonds is 2. The molecule has 3 atom stereocenters. The molecule has 180 valence electrons. The predicted octanol–water partition coefficient (Wildman–Crippen LogP) is 6.50. The van der Waals surface area contributed by atoms with E-state index in [-0.39, 0.29) is 17.3 Å². The minimum Gasteiger partial charge on any atom is -0.352 e. The van der Waals surface area contributed by atoms with Gasteiger partial charge in [-0.3, -0.25) is 14.4 Å². The smallest absolute Gasteiger partial charge is 0.180 e. The summed E-state index contributed by atoms with van der Waals surface area (Å²) in [7, 11) is 0. The molecule has 1 spiro atoms. The highest BCUT2D eigenvalue weighted by molar-refractivity contribution is 9.10. The molecule has 0 unspecified atom stereocenters. The van der Waals surface area contributed by atoms with Crippen LogP contribution in [0.15, 0.2) is 83.3 Å². The fourth-order valence-electron chi connectivity index (χ4n) is 6.42. The van der Waals surface area contributed by atoms with Gasteiger partial charge in [0.1, 0.15) is 5.41 Å². The largest absolute Gasteiger partial charge is 0.352 e. The lowest BCUT2D eigenvalue weighted by Crippen LogP contribution is -2.49. The minimum atomic E-state index is -1.43.